The van der Waals surface area contributed by atoms with E-state index in [1.807, 2.05) is 0 Å². The van der Waals surface area contributed by atoms with Crippen LogP contribution in [0, 0.1) is 11.3 Å². The minimum atomic E-state index is -3.11. The van der Waals surface area contributed by atoms with Crippen LogP contribution >= 0.6 is 0 Å². The van der Waals surface area contributed by atoms with Gasteiger partial charge in [-0.1, -0.05) is 27.7 Å². The normalized spacial score (nSPS) is 26.0. The van der Waals surface area contributed by atoms with Gasteiger partial charge < -0.3 is 10.1 Å². The van der Waals surface area contributed by atoms with E-state index in [0.29, 0.717) is 18.5 Å². The molecule has 0 radical (unpaired) electrons. The molecule has 0 amide bonds. The molecular formula is C14H30N2O3S. The van der Waals surface area contributed by atoms with Crippen molar-refractivity contribution in [2.24, 2.45) is 11.3 Å². The molecule has 20 heavy (non-hydrogen) atoms. The van der Waals surface area contributed by atoms with Crippen molar-refractivity contribution in [1.82, 2.24) is 9.62 Å². The Morgan fingerprint density at radius 1 is 1.35 bits per heavy atom. The van der Waals surface area contributed by atoms with Gasteiger partial charge in [-0.3, -0.25) is 0 Å². The van der Waals surface area contributed by atoms with Crippen molar-refractivity contribution >= 4 is 10.0 Å². The number of hydrogen-bond acceptors (Lipinski definition) is 4. The minimum Gasteiger partial charge on any atom is -0.377 e. The predicted octanol–water partition coefficient (Wildman–Crippen LogP) is 1.31. The Hall–Kier alpha value is -0.170. The Morgan fingerprint density at radius 2 is 1.95 bits per heavy atom. The third-order valence-electron chi connectivity index (χ3n) is 4.12. The maximum atomic E-state index is 11.7. The van der Waals surface area contributed by atoms with Gasteiger partial charge in [0, 0.05) is 38.7 Å². The Kier molecular flexibility index (Phi) is 6.01. The Bertz CT molecular complexity index is 405. The first kappa shape index (κ1) is 17.9. The zero-order valence-corrected chi connectivity index (χ0v) is 14.5. The van der Waals surface area contributed by atoms with Crippen molar-refractivity contribution in [2.45, 2.75) is 46.3 Å². The van der Waals surface area contributed by atoms with Gasteiger partial charge in [0.1, 0.15) is 0 Å². The molecule has 0 aromatic carbocycles. The van der Waals surface area contributed by atoms with Gasteiger partial charge in [-0.25, -0.2) is 12.7 Å². The van der Waals surface area contributed by atoms with Gasteiger partial charge >= 0.3 is 0 Å². The molecule has 0 saturated heterocycles. The van der Waals surface area contributed by atoms with E-state index >= 15 is 0 Å². The predicted molar refractivity (Wildman–Crippen MR) is 82.2 cm³/mol. The summed E-state index contributed by atoms with van der Waals surface area (Å²) in [4.78, 5) is 0. The van der Waals surface area contributed by atoms with E-state index in [9.17, 15) is 8.42 Å². The van der Waals surface area contributed by atoms with Gasteiger partial charge in [0.25, 0.3) is 0 Å². The molecule has 0 spiro atoms. The molecular weight excluding hydrogens is 276 g/mol. The average Bonchev–Trinajstić information content (AvgIpc) is 2.30. The summed E-state index contributed by atoms with van der Waals surface area (Å²) in [5.74, 6) is 0.687. The third-order valence-corrected chi connectivity index (χ3v) is 5.95. The fourth-order valence-electron chi connectivity index (χ4n) is 2.37. The standard InChI is InChI=1S/C14H30N2O3S/c1-11(2)10-19-13-9-12(14(13,3)4)15-7-8-20(17,18)16(5)6/h11-13,15H,7-10H2,1-6H3. The number of rotatable bonds is 8. The van der Waals surface area contributed by atoms with Crippen LogP contribution in [0.2, 0.25) is 0 Å². The molecule has 120 valence electrons. The van der Waals surface area contributed by atoms with Gasteiger partial charge in [-0.2, -0.15) is 0 Å². The van der Waals surface area contributed by atoms with Gasteiger partial charge in [0.05, 0.1) is 11.9 Å². The summed E-state index contributed by atoms with van der Waals surface area (Å²) in [6.07, 6.45) is 1.23. The maximum absolute atomic E-state index is 11.7. The van der Waals surface area contributed by atoms with E-state index in [1.54, 1.807) is 14.1 Å². The SMILES string of the molecule is CC(C)COC1CC(NCCS(=O)(=O)N(C)C)C1(C)C. The lowest BCUT2D eigenvalue weighted by molar-refractivity contribution is -0.123. The summed E-state index contributed by atoms with van der Waals surface area (Å²) in [6, 6.07) is 0.331. The van der Waals surface area contributed by atoms with Gasteiger partial charge in [0.15, 0.2) is 0 Å². The first-order valence-corrected chi connectivity index (χ1v) is 8.93. The molecule has 1 saturated carbocycles. The van der Waals surface area contributed by atoms with Crippen LogP contribution in [0.4, 0.5) is 0 Å². The summed E-state index contributed by atoms with van der Waals surface area (Å²) in [5, 5.41) is 3.35. The first-order valence-electron chi connectivity index (χ1n) is 7.32. The van der Waals surface area contributed by atoms with Crippen LogP contribution in [0.25, 0.3) is 0 Å². The van der Waals surface area contributed by atoms with Gasteiger partial charge in [-0.05, 0) is 12.3 Å². The third kappa shape index (κ3) is 4.41. The number of sulfonamides is 1. The smallest absolute Gasteiger partial charge is 0.214 e. The summed E-state index contributed by atoms with van der Waals surface area (Å²) in [5.41, 5.74) is 0.0662. The summed E-state index contributed by atoms with van der Waals surface area (Å²) < 4.78 is 30.5. The van der Waals surface area contributed by atoms with E-state index in [-0.39, 0.29) is 17.3 Å². The molecule has 2 unspecified atom stereocenters. The minimum absolute atomic E-state index is 0.0662. The lowest BCUT2D eigenvalue weighted by atomic mass is 9.64. The topological polar surface area (TPSA) is 58.6 Å². The molecule has 1 aliphatic carbocycles. The highest BCUT2D eigenvalue weighted by Gasteiger charge is 2.48. The molecule has 0 aromatic heterocycles. The molecule has 1 aliphatic rings. The van der Waals surface area contributed by atoms with E-state index in [0.717, 1.165) is 13.0 Å². The Morgan fingerprint density at radius 3 is 2.40 bits per heavy atom. The van der Waals surface area contributed by atoms with Gasteiger partial charge in [-0.15, -0.1) is 0 Å². The fourth-order valence-corrected chi connectivity index (χ4v) is 3.11. The molecule has 2 atom stereocenters. The largest absolute Gasteiger partial charge is 0.377 e. The van der Waals surface area contributed by atoms with Crippen molar-refractivity contribution < 1.29 is 13.2 Å². The molecule has 0 aliphatic heterocycles. The quantitative estimate of drug-likeness (QED) is 0.734. The van der Waals surface area contributed by atoms with Crippen LogP contribution in [0.15, 0.2) is 0 Å². The van der Waals surface area contributed by atoms with Crippen LogP contribution < -0.4 is 5.32 Å². The molecule has 0 aromatic rings. The van der Waals surface area contributed by atoms with Gasteiger partial charge in [0.2, 0.25) is 10.0 Å². The van der Waals surface area contributed by atoms with Crippen LogP contribution in [-0.2, 0) is 14.8 Å². The van der Waals surface area contributed by atoms with Crippen LogP contribution in [0.1, 0.15) is 34.1 Å². The van der Waals surface area contributed by atoms with E-state index in [1.165, 1.54) is 4.31 Å². The maximum Gasteiger partial charge on any atom is 0.214 e. The van der Waals surface area contributed by atoms with Crippen molar-refractivity contribution in [3.8, 4) is 0 Å². The van der Waals surface area contributed by atoms with Crippen LogP contribution in [0.5, 0.6) is 0 Å². The summed E-state index contributed by atoms with van der Waals surface area (Å²) in [6.45, 7) is 9.93. The second-order valence-corrected chi connectivity index (χ2v) is 9.18. The van der Waals surface area contributed by atoms with E-state index in [2.05, 4.69) is 33.0 Å². The molecule has 1 N–H and O–H groups in total. The first-order chi connectivity index (χ1) is 9.07. The zero-order chi connectivity index (χ0) is 15.6. The summed E-state index contributed by atoms with van der Waals surface area (Å²) >= 11 is 0. The summed E-state index contributed by atoms with van der Waals surface area (Å²) in [7, 11) is 0.0251. The van der Waals surface area contributed by atoms with Crippen molar-refractivity contribution in [3.63, 3.8) is 0 Å². The second kappa shape index (κ2) is 6.73. The molecule has 0 bridgehead atoms. The molecule has 6 heteroatoms. The highest BCUT2D eigenvalue weighted by Crippen LogP contribution is 2.42. The molecule has 5 nitrogen and oxygen atoms in total. The number of hydrogen-bond donors (Lipinski definition) is 1. The molecule has 1 rings (SSSR count). The number of nitrogens with one attached hydrogen (secondary N) is 1. The highest BCUT2D eigenvalue weighted by molar-refractivity contribution is 7.89. The Labute approximate surface area is 124 Å². The van der Waals surface area contributed by atoms with Crippen LogP contribution in [0.3, 0.4) is 0 Å². The number of ether oxygens (including phenoxy) is 1. The zero-order valence-electron chi connectivity index (χ0n) is 13.6. The van der Waals surface area contributed by atoms with E-state index < -0.39 is 10.0 Å². The second-order valence-electron chi connectivity index (χ2n) is 6.88. The van der Waals surface area contributed by atoms with E-state index in [4.69, 9.17) is 4.74 Å². The average molecular weight is 306 g/mol. The molecule has 0 heterocycles. The van der Waals surface area contributed by atoms with Crippen molar-refractivity contribution in [2.75, 3.05) is 33.0 Å². The van der Waals surface area contributed by atoms with Crippen LogP contribution in [-0.4, -0.2) is 57.9 Å². The highest BCUT2D eigenvalue weighted by atomic mass is 32.2. The lowest BCUT2D eigenvalue weighted by Gasteiger charge is -2.52. The lowest BCUT2D eigenvalue weighted by Crippen LogP contribution is -2.61. The van der Waals surface area contributed by atoms with Crippen molar-refractivity contribution in [3.05, 3.63) is 0 Å². The monoisotopic (exact) mass is 306 g/mol. The molecule has 1 fully saturated rings. The fraction of sp³-hybridized carbons (Fsp3) is 1.00. The number of nitrogens with zero attached hydrogens (tertiary/aromatic N) is 1. The van der Waals surface area contributed by atoms with Crippen molar-refractivity contribution in [1.29, 1.82) is 0 Å². The Balaban J connectivity index is 2.34.